The third-order valence-electron chi connectivity index (χ3n) is 5.28. The Balaban J connectivity index is 1.44. The number of hydrogen-bond acceptors (Lipinski definition) is 4. The van der Waals surface area contributed by atoms with Gasteiger partial charge in [-0.05, 0) is 64.3 Å². The topological polar surface area (TPSA) is 62.6 Å². The van der Waals surface area contributed by atoms with Crippen molar-refractivity contribution in [1.82, 2.24) is 9.62 Å². The van der Waals surface area contributed by atoms with E-state index in [0.717, 1.165) is 55.1 Å². The number of hydrogen-bond donors (Lipinski definition) is 1. The van der Waals surface area contributed by atoms with Gasteiger partial charge in [-0.3, -0.25) is 4.90 Å². The lowest BCUT2D eigenvalue weighted by molar-refractivity contribution is 0.178. The minimum atomic E-state index is -3.29. The summed E-state index contributed by atoms with van der Waals surface area (Å²) in [5.74, 6) is 2.41. The summed E-state index contributed by atoms with van der Waals surface area (Å²) in [7, 11) is -3.29. The summed E-state index contributed by atoms with van der Waals surface area (Å²) in [6.07, 6.45) is 2.03. The molecule has 6 heteroatoms. The number of sulfonamides is 1. The number of piperidine rings is 1. The molecule has 2 aromatic rings. The summed E-state index contributed by atoms with van der Waals surface area (Å²) in [6, 6.07) is 9.78. The number of furan rings is 1. The normalized spacial score (nSPS) is 16.7. The van der Waals surface area contributed by atoms with Crippen molar-refractivity contribution in [3.8, 4) is 0 Å². The van der Waals surface area contributed by atoms with E-state index in [9.17, 15) is 8.42 Å². The van der Waals surface area contributed by atoms with Crippen LogP contribution in [0.15, 0.2) is 34.7 Å². The first kappa shape index (κ1) is 20.1. The van der Waals surface area contributed by atoms with Gasteiger partial charge in [0.25, 0.3) is 0 Å². The van der Waals surface area contributed by atoms with Crippen LogP contribution in [0.4, 0.5) is 0 Å². The second-order valence-electron chi connectivity index (χ2n) is 7.75. The van der Waals surface area contributed by atoms with Gasteiger partial charge in [0.15, 0.2) is 0 Å². The van der Waals surface area contributed by atoms with Gasteiger partial charge < -0.3 is 4.42 Å². The van der Waals surface area contributed by atoms with Crippen molar-refractivity contribution in [2.24, 2.45) is 5.92 Å². The Morgan fingerprint density at radius 2 is 1.89 bits per heavy atom. The maximum atomic E-state index is 12.4. The van der Waals surface area contributed by atoms with Crippen LogP contribution in [-0.4, -0.2) is 33.0 Å². The highest BCUT2D eigenvalue weighted by atomic mass is 32.2. The van der Waals surface area contributed by atoms with Crippen molar-refractivity contribution in [2.75, 3.05) is 19.6 Å². The first-order chi connectivity index (χ1) is 12.8. The van der Waals surface area contributed by atoms with Crippen LogP contribution in [0.2, 0.25) is 0 Å². The lowest BCUT2D eigenvalue weighted by atomic mass is 9.97. The second-order valence-corrected chi connectivity index (χ2v) is 9.56. The Morgan fingerprint density at radius 3 is 2.52 bits per heavy atom. The molecule has 2 heterocycles. The number of nitrogens with one attached hydrogen (secondary N) is 1. The van der Waals surface area contributed by atoms with E-state index >= 15 is 0 Å². The first-order valence-corrected chi connectivity index (χ1v) is 11.3. The monoisotopic (exact) mass is 390 g/mol. The average Bonchev–Trinajstić information content (AvgIpc) is 2.91. The molecule has 1 aliphatic heterocycles. The Hall–Kier alpha value is -1.63. The lowest BCUT2D eigenvalue weighted by Gasteiger charge is -2.31. The fourth-order valence-electron chi connectivity index (χ4n) is 3.75. The summed E-state index contributed by atoms with van der Waals surface area (Å²) in [4.78, 5) is 2.43. The van der Waals surface area contributed by atoms with E-state index in [2.05, 4.69) is 15.7 Å². The van der Waals surface area contributed by atoms with Gasteiger partial charge in [-0.15, -0.1) is 0 Å². The van der Waals surface area contributed by atoms with Crippen molar-refractivity contribution < 1.29 is 12.8 Å². The summed E-state index contributed by atoms with van der Waals surface area (Å²) in [5, 5.41) is 0. The minimum Gasteiger partial charge on any atom is -0.466 e. The molecule has 148 valence electrons. The fraction of sp³-hybridized carbons (Fsp3) is 0.524. The van der Waals surface area contributed by atoms with Crippen molar-refractivity contribution in [1.29, 1.82) is 0 Å². The first-order valence-electron chi connectivity index (χ1n) is 9.62. The van der Waals surface area contributed by atoms with Crippen LogP contribution in [0.5, 0.6) is 0 Å². The van der Waals surface area contributed by atoms with Gasteiger partial charge in [-0.2, -0.15) is 0 Å². The third kappa shape index (κ3) is 5.92. The largest absolute Gasteiger partial charge is 0.466 e. The van der Waals surface area contributed by atoms with E-state index in [4.69, 9.17) is 4.42 Å². The number of nitrogens with zero attached hydrogens (tertiary/aromatic N) is 1. The average molecular weight is 391 g/mol. The number of benzene rings is 1. The maximum Gasteiger partial charge on any atom is 0.215 e. The highest BCUT2D eigenvalue weighted by Gasteiger charge is 2.22. The third-order valence-corrected chi connectivity index (χ3v) is 6.60. The molecular weight excluding hydrogens is 360 g/mol. The molecule has 0 radical (unpaired) electrons. The van der Waals surface area contributed by atoms with E-state index in [0.29, 0.717) is 12.5 Å². The van der Waals surface area contributed by atoms with Crippen molar-refractivity contribution in [3.05, 3.63) is 58.5 Å². The molecule has 0 bridgehead atoms. The molecule has 0 unspecified atom stereocenters. The quantitative estimate of drug-likeness (QED) is 0.785. The van der Waals surface area contributed by atoms with Crippen LogP contribution in [0, 0.1) is 26.7 Å². The number of rotatable bonds is 7. The van der Waals surface area contributed by atoms with Gasteiger partial charge >= 0.3 is 0 Å². The van der Waals surface area contributed by atoms with Gasteiger partial charge in [0.2, 0.25) is 10.0 Å². The number of likely N-dealkylation sites (tertiary alicyclic amines) is 1. The molecule has 1 N–H and O–H groups in total. The predicted molar refractivity (Wildman–Crippen MR) is 108 cm³/mol. The van der Waals surface area contributed by atoms with Gasteiger partial charge in [0.05, 0.1) is 5.75 Å². The van der Waals surface area contributed by atoms with Crippen LogP contribution in [-0.2, 0) is 22.3 Å². The highest BCUT2D eigenvalue weighted by molar-refractivity contribution is 7.88. The maximum absolute atomic E-state index is 12.4. The van der Waals surface area contributed by atoms with Gasteiger partial charge in [-0.1, -0.05) is 29.8 Å². The summed E-state index contributed by atoms with van der Waals surface area (Å²) in [6.45, 7) is 9.40. The Bertz CT molecular complexity index is 865. The molecule has 5 nitrogen and oxygen atoms in total. The Labute approximate surface area is 162 Å². The predicted octanol–water partition coefficient (Wildman–Crippen LogP) is 3.54. The molecule has 0 amide bonds. The smallest absolute Gasteiger partial charge is 0.215 e. The second kappa shape index (κ2) is 8.59. The fourth-order valence-corrected chi connectivity index (χ4v) is 4.96. The van der Waals surface area contributed by atoms with E-state index < -0.39 is 10.0 Å². The molecule has 0 atom stereocenters. The van der Waals surface area contributed by atoms with Gasteiger partial charge in [0.1, 0.15) is 11.5 Å². The molecular formula is C21H30N2O3S. The SMILES string of the molecule is Cc1cccc(CS(=O)(=O)NCC2CCN(Cc3cc(C)oc3C)CC2)c1. The van der Waals surface area contributed by atoms with Crippen molar-refractivity contribution in [3.63, 3.8) is 0 Å². The minimum absolute atomic E-state index is 0.0483. The van der Waals surface area contributed by atoms with Crippen LogP contribution < -0.4 is 4.72 Å². The van der Waals surface area contributed by atoms with E-state index in [-0.39, 0.29) is 5.75 Å². The van der Waals surface area contributed by atoms with Crippen LogP contribution in [0.1, 0.15) is 41.1 Å². The molecule has 1 fully saturated rings. The molecule has 0 aliphatic carbocycles. The van der Waals surface area contributed by atoms with Crippen LogP contribution in [0.25, 0.3) is 0 Å². The molecule has 0 spiro atoms. The van der Waals surface area contributed by atoms with E-state index in [1.807, 2.05) is 45.0 Å². The molecule has 27 heavy (non-hydrogen) atoms. The molecule has 1 aromatic carbocycles. The molecule has 0 saturated carbocycles. The van der Waals surface area contributed by atoms with Crippen LogP contribution in [0.3, 0.4) is 0 Å². The zero-order chi connectivity index (χ0) is 19.4. The van der Waals surface area contributed by atoms with E-state index in [1.54, 1.807) is 0 Å². The highest BCUT2D eigenvalue weighted by Crippen LogP contribution is 2.21. The zero-order valence-electron chi connectivity index (χ0n) is 16.5. The Kier molecular flexibility index (Phi) is 6.40. The van der Waals surface area contributed by atoms with Crippen molar-refractivity contribution in [2.45, 2.75) is 45.9 Å². The Morgan fingerprint density at radius 1 is 1.15 bits per heavy atom. The van der Waals surface area contributed by atoms with Gasteiger partial charge in [0, 0.05) is 18.7 Å². The summed E-state index contributed by atoms with van der Waals surface area (Å²) in [5.41, 5.74) is 3.17. The lowest BCUT2D eigenvalue weighted by Crippen LogP contribution is -2.38. The molecule has 1 aliphatic rings. The number of aryl methyl sites for hydroxylation is 3. The zero-order valence-corrected chi connectivity index (χ0v) is 17.3. The van der Waals surface area contributed by atoms with E-state index in [1.165, 1.54) is 5.56 Å². The molecule has 1 aromatic heterocycles. The molecule has 1 saturated heterocycles. The van der Waals surface area contributed by atoms with Gasteiger partial charge in [-0.25, -0.2) is 13.1 Å². The summed E-state index contributed by atoms with van der Waals surface area (Å²) < 4.78 is 33.2. The van der Waals surface area contributed by atoms with Crippen molar-refractivity contribution >= 4 is 10.0 Å². The molecule has 3 rings (SSSR count). The van der Waals surface area contributed by atoms with Crippen LogP contribution >= 0.6 is 0 Å². The standard InChI is InChI=1S/C21H30N2O3S/c1-16-5-4-6-20(11-16)15-27(24,25)22-13-19-7-9-23(10-8-19)14-21-12-17(2)26-18(21)3/h4-6,11-12,19,22H,7-10,13-15H2,1-3H3. The summed E-state index contributed by atoms with van der Waals surface area (Å²) >= 11 is 0.